The van der Waals surface area contributed by atoms with Gasteiger partial charge in [0.25, 0.3) is 0 Å². The fourth-order valence-corrected chi connectivity index (χ4v) is 2.37. The average molecular weight is 353 g/mol. The number of alkyl halides is 3. The van der Waals surface area contributed by atoms with Crippen LogP contribution in [0.3, 0.4) is 0 Å². The number of anilines is 1. The van der Waals surface area contributed by atoms with Crippen molar-refractivity contribution in [2.75, 3.05) is 11.9 Å². The minimum atomic E-state index is -4.25. The highest BCUT2D eigenvalue weighted by Crippen LogP contribution is 2.29. The Morgan fingerprint density at radius 3 is 2.72 bits per heavy atom. The van der Waals surface area contributed by atoms with Gasteiger partial charge in [0.05, 0.1) is 18.3 Å². The first-order valence-corrected chi connectivity index (χ1v) is 7.53. The molecule has 0 saturated carbocycles. The summed E-state index contributed by atoms with van der Waals surface area (Å²) < 4.78 is 57.7. The Bertz CT molecular complexity index is 889. The van der Waals surface area contributed by atoms with Crippen molar-refractivity contribution in [3.63, 3.8) is 0 Å². The predicted octanol–water partition coefficient (Wildman–Crippen LogP) is 4.94. The number of imidazole rings is 1. The minimum absolute atomic E-state index is 0.283. The minimum Gasteiger partial charge on any atom is -0.456 e. The first-order valence-electron chi connectivity index (χ1n) is 7.53. The summed E-state index contributed by atoms with van der Waals surface area (Å²) in [5.41, 5.74) is 1.69. The van der Waals surface area contributed by atoms with Gasteiger partial charge in [-0.1, -0.05) is 6.07 Å². The lowest BCUT2D eigenvalue weighted by atomic mass is 10.3. The molecule has 0 spiro atoms. The number of rotatable bonds is 5. The molecule has 0 aliphatic carbocycles. The van der Waals surface area contributed by atoms with Gasteiger partial charge in [-0.3, -0.25) is 4.40 Å². The number of hydrogen-bond acceptors (Lipinski definition) is 3. The quantitative estimate of drug-likeness (QED) is 0.661. The van der Waals surface area contributed by atoms with Crippen molar-refractivity contribution < 1.29 is 22.3 Å². The third-order valence-corrected chi connectivity index (χ3v) is 3.52. The van der Waals surface area contributed by atoms with E-state index in [0.29, 0.717) is 22.8 Å². The molecule has 0 fully saturated rings. The molecule has 2 heterocycles. The van der Waals surface area contributed by atoms with Gasteiger partial charge in [0, 0.05) is 30.6 Å². The molecule has 0 radical (unpaired) electrons. The third kappa shape index (κ3) is 4.20. The van der Waals surface area contributed by atoms with E-state index in [1.54, 1.807) is 28.9 Å². The van der Waals surface area contributed by atoms with Crippen LogP contribution in [-0.4, -0.2) is 22.1 Å². The smallest absolute Gasteiger partial charge is 0.390 e. The van der Waals surface area contributed by atoms with E-state index < -0.39 is 18.4 Å². The van der Waals surface area contributed by atoms with Gasteiger partial charge in [-0.25, -0.2) is 9.37 Å². The van der Waals surface area contributed by atoms with E-state index in [0.717, 1.165) is 5.69 Å². The number of pyridine rings is 1. The van der Waals surface area contributed by atoms with Crippen molar-refractivity contribution in [1.29, 1.82) is 0 Å². The summed E-state index contributed by atoms with van der Waals surface area (Å²) in [6.07, 6.45) is -1.95. The zero-order valence-electron chi connectivity index (χ0n) is 13.3. The molecule has 0 atom stereocenters. The van der Waals surface area contributed by atoms with Crippen LogP contribution in [0.1, 0.15) is 12.1 Å². The van der Waals surface area contributed by atoms with Crippen LogP contribution >= 0.6 is 0 Å². The fraction of sp³-hybridized carbons (Fsp3) is 0.235. The zero-order valence-corrected chi connectivity index (χ0v) is 13.3. The van der Waals surface area contributed by atoms with E-state index in [9.17, 15) is 17.6 Å². The average Bonchev–Trinajstić information content (AvgIpc) is 2.88. The van der Waals surface area contributed by atoms with Crippen LogP contribution in [0.2, 0.25) is 0 Å². The molecule has 0 aliphatic rings. The van der Waals surface area contributed by atoms with Crippen molar-refractivity contribution in [2.24, 2.45) is 0 Å². The highest BCUT2D eigenvalue weighted by molar-refractivity contribution is 5.70. The lowest BCUT2D eigenvalue weighted by Crippen LogP contribution is -2.15. The number of hydrogen-bond donors (Lipinski definition) is 1. The maximum absolute atomic E-state index is 13.3. The molecule has 2 aromatic heterocycles. The van der Waals surface area contributed by atoms with Gasteiger partial charge in [0.2, 0.25) is 0 Å². The maximum atomic E-state index is 13.3. The summed E-state index contributed by atoms with van der Waals surface area (Å²) in [6, 6.07) is 7.16. The van der Waals surface area contributed by atoms with Crippen LogP contribution in [0.15, 0.2) is 42.7 Å². The molecule has 0 bridgehead atoms. The van der Waals surface area contributed by atoms with E-state index >= 15 is 0 Å². The molecule has 0 saturated heterocycles. The standard InChI is InChI=1S/C17H15F4N3O/c1-11-9-23-16-15(22-6-5-17(19,20)21)8-14(10-24(11)16)25-13-4-2-3-12(18)7-13/h2-4,7-10,22H,5-6H2,1H3. The molecule has 25 heavy (non-hydrogen) atoms. The second kappa shape index (κ2) is 6.62. The maximum Gasteiger partial charge on any atom is 0.390 e. The second-order valence-electron chi connectivity index (χ2n) is 5.53. The van der Waals surface area contributed by atoms with E-state index in [-0.39, 0.29) is 6.54 Å². The number of nitrogens with one attached hydrogen (secondary N) is 1. The van der Waals surface area contributed by atoms with Gasteiger partial charge < -0.3 is 10.1 Å². The van der Waals surface area contributed by atoms with Gasteiger partial charge in [-0.15, -0.1) is 0 Å². The number of ether oxygens (including phenoxy) is 1. The van der Waals surface area contributed by atoms with Crippen LogP contribution in [0.5, 0.6) is 11.5 Å². The molecule has 1 aromatic carbocycles. The molecular weight excluding hydrogens is 338 g/mol. The molecule has 0 unspecified atom stereocenters. The van der Waals surface area contributed by atoms with Crippen molar-refractivity contribution in [3.05, 3.63) is 54.2 Å². The van der Waals surface area contributed by atoms with Gasteiger partial charge in [0.15, 0.2) is 5.65 Å². The first kappa shape index (κ1) is 17.1. The van der Waals surface area contributed by atoms with Crippen LogP contribution in [0.4, 0.5) is 23.2 Å². The van der Waals surface area contributed by atoms with Crippen LogP contribution in [0, 0.1) is 12.7 Å². The van der Waals surface area contributed by atoms with Crippen LogP contribution in [-0.2, 0) is 0 Å². The van der Waals surface area contributed by atoms with Crippen LogP contribution in [0.25, 0.3) is 5.65 Å². The summed E-state index contributed by atoms with van der Waals surface area (Å²) in [5.74, 6) is 0.202. The third-order valence-electron chi connectivity index (χ3n) is 3.52. The number of halogens is 4. The van der Waals surface area contributed by atoms with E-state index in [4.69, 9.17) is 4.74 Å². The zero-order chi connectivity index (χ0) is 18.0. The van der Waals surface area contributed by atoms with Gasteiger partial charge >= 0.3 is 6.18 Å². The first-order chi connectivity index (χ1) is 11.8. The summed E-state index contributed by atoms with van der Waals surface area (Å²) in [4.78, 5) is 4.20. The number of benzene rings is 1. The molecule has 3 rings (SSSR count). The SMILES string of the molecule is Cc1cnc2c(NCCC(F)(F)F)cc(Oc3cccc(F)c3)cn12. The topological polar surface area (TPSA) is 38.6 Å². The summed E-state index contributed by atoms with van der Waals surface area (Å²) in [5, 5.41) is 2.74. The predicted molar refractivity (Wildman–Crippen MR) is 85.6 cm³/mol. The largest absolute Gasteiger partial charge is 0.456 e. The lowest BCUT2D eigenvalue weighted by Gasteiger charge is -2.13. The molecule has 0 aliphatic heterocycles. The Kier molecular flexibility index (Phi) is 4.52. The lowest BCUT2D eigenvalue weighted by molar-refractivity contribution is -0.131. The Morgan fingerprint density at radius 2 is 2.00 bits per heavy atom. The van der Waals surface area contributed by atoms with Crippen LogP contribution < -0.4 is 10.1 Å². The molecule has 3 aromatic rings. The van der Waals surface area contributed by atoms with Crippen molar-refractivity contribution in [3.8, 4) is 11.5 Å². The molecule has 1 N–H and O–H groups in total. The van der Waals surface area contributed by atoms with E-state index in [1.165, 1.54) is 18.2 Å². The van der Waals surface area contributed by atoms with Crippen molar-refractivity contribution >= 4 is 11.3 Å². The molecule has 0 amide bonds. The monoisotopic (exact) mass is 353 g/mol. The normalized spacial score (nSPS) is 11.7. The Hall–Kier alpha value is -2.77. The number of nitrogens with zero attached hydrogens (tertiary/aromatic N) is 2. The highest BCUT2D eigenvalue weighted by Gasteiger charge is 2.26. The molecule has 8 heteroatoms. The Morgan fingerprint density at radius 1 is 1.20 bits per heavy atom. The Labute approximate surface area is 141 Å². The molecule has 132 valence electrons. The van der Waals surface area contributed by atoms with E-state index in [1.807, 2.05) is 6.92 Å². The second-order valence-corrected chi connectivity index (χ2v) is 5.53. The molecular formula is C17H15F4N3O. The highest BCUT2D eigenvalue weighted by atomic mass is 19.4. The van der Waals surface area contributed by atoms with Crippen molar-refractivity contribution in [1.82, 2.24) is 9.38 Å². The van der Waals surface area contributed by atoms with Gasteiger partial charge in [-0.2, -0.15) is 13.2 Å². The summed E-state index contributed by atoms with van der Waals surface area (Å²) >= 11 is 0. The number of aryl methyl sites for hydroxylation is 1. The fourth-order valence-electron chi connectivity index (χ4n) is 2.37. The number of fused-ring (bicyclic) bond motifs is 1. The van der Waals surface area contributed by atoms with Crippen molar-refractivity contribution in [2.45, 2.75) is 19.5 Å². The summed E-state index contributed by atoms with van der Waals surface area (Å²) in [6.45, 7) is 1.53. The van der Waals surface area contributed by atoms with Gasteiger partial charge in [-0.05, 0) is 19.1 Å². The Balaban J connectivity index is 1.90. The van der Waals surface area contributed by atoms with Gasteiger partial charge in [0.1, 0.15) is 17.3 Å². The summed E-state index contributed by atoms with van der Waals surface area (Å²) in [7, 11) is 0. The van der Waals surface area contributed by atoms with E-state index in [2.05, 4.69) is 10.3 Å². The molecule has 4 nitrogen and oxygen atoms in total. The number of aromatic nitrogens is 2.